The molecule has 0 N–H and O–H groups in total. The summed E-state index contributed by atoms with van der Waals surface area (Å²) in [6, 6.07) is 9.52. The van der Waals surface area contributed by atoms with Gasteiger partial charge in [-0.25, -0.2) is 0 Å². The largest absolute Gasteiger partial charge is 0.491 e. The fourth-order valence-electron chi connectivity index (χ4n) is 5.62. The van der Waals surface area contributed by atoms with Crippen molar-refractivity contribution in [2.75, 3.05) is 57.3 Å². The fraction of sp³-hybridized carbons (Fsp3) is 0.533. The van der Waals surface area contributed by atoms with E-state index in [0.717, 1.165) is 83.2 Å². The molecule has 0 saturated carbocycles. The SMILES string of the molecule is O=C(CN1CCCCCCOc2ccccc2N(CC(=O)N2CCCC2)c2cncc(c2)C1=O)N1CCCC1. The molecule has 39 heavy (non-hydrogen) atoms. The van der Waals surface area contributed by atoms with Crippen LogP contribution in [0.1, 0.15) is 61.7 Å². The van der Waals surface area contributed by atoms with Crippen LogP contribution in [0.2, 0.25) is 0 Å². The molecule has 2 saturated heterocycles. The Kier molecular flexibility index (Phi) is 8.96. The summed E-state index contributed by atoms with van der Waals surface area (Å²) in [6.07, 6.45) is 10.9. The smallest absolute Gasteiger partial charge is 0.255 e. The van der Waals surface area contributed by atoms with Crippen molar-refractivity contribution in [1.29, 1.82) is 0 Å². The van der Waals surface area contributed by atoms with Gasteiger partial charge in [0, 0.05) is 38.9 Å². The quantitative estimate of drug-likeness (QED) is 0.593. The van der Waals surface area contributed by atoms with E-state index in [1.807, 2.05) is 39.0 Å². The number of nitrogens with zero attached hydrogens (tertiary/aromatic N) is 5. The van der Waals surface area contributed by atoms with E-state index in [-0.39, 0.29) is 30.8 Å². The van der Waals surface area contributed by atoms with Gasteiger partial charge in [0.2, 0.25) is 11.8 Å². The number of aromatic nitrogens is 1. The predicted molar refractivity (Wildman–Crippen MR) is 149 cm³/mol. The third kappa shape index (κ3) is 6.69. The molecule has 2 bridgehead atoms. The normalized spacial score (nSPS) is 18.8. The molecular weight excluding hydrogens is 494 g/mol. The number of carbonyl (C=O) groups excluding carboxylic acids is 3. The second-order valence-electron chi connectivity index (χ2n) is 10.7. The molecule has 3 aliphatic rings. The number of carbonyl (C=O) groups is 3. The van der Waals surface area contributed by atoms with Gasteiger partial charge in [0.15, 0.2) is 0 Å². The van der Waals surface area contributed by atoms with Crippen LogP contribution in [0.15, 0.2) is 42.7 Å². The molecule has 0 unspecified atom stereocenters. The second kappa shape index (κ2) is 13.0. The molecule has 0 aliphatic carbocycles. The molecule has 5 rings (SSSR count). The molecule has 9 heteroatoms. The first kappa shape index (κ1) is 27.0. The Balaban J connectivity index is 1.47. The number of para-hydroxylation sites is 2. The molecule has 4 heterocycles. The van der Waals surface area contributed by atoms with Gasteiger partial charge in [0.1, 0.15) is 18.8 Å². The van der Waals surface area contributed by atoms with E-state index in [2.05, 4.69) is 4.98 Å². The number of fused-ring (bicyclic) bond motifs is 3. The Bertz CT molecular complexity index is 1160. The Hall–Kier alpha value is -3.62. The van der Waals surface area contributed by atoms with Crippen LogP contribution < -0.4 is 9.64 Å². The van der Waals surface area contributed by atoms with Crippen LogP contribution in [-0.2, 0) is 9.59 Å². The number of benzene rings is 1. The minimum atomic E-state index is -0.206. The highest BCUT2D eigenvalue weighted by atomic mass is 16.5. The van der Waals surface area contributed by atoms with E-state index >= 15 is 0 Å². The van der Waals surface area contributed by atoms with Crippen LogP contribution in [0.4, 0.5) is 11.4 Å². The van der Waals surface area contributed by atoms with Gasteiger partial charge in [-0.05, 0) is 56.7 Å². The molecule has 1 aromatic carbocycles. The summed E-state index contributed by atoms with van der Waals surface area (Å²) in [5, 5.41) is 0. The Morgan fingerprint density at radius 1 is 0.769 bits per heavy atom. The first-order valence-electron chi connectivity index (χ1n) is 14.4. The van der Waals surface area contributed by atoms with Crippen LogP contribution in [0.5, 0.6) is 5.75 Å². The maximum Gasteiger partial charge on any atom is 0.255 e. The molecule has 3 aliphatic heterocycles. The lowest BCUT2D eigenvalue weighted by Crippen LogP contribution is -2.42. The first-order chi connectivity index (χ1) is 19.1. The molecule has 3 amide bonds. The Morgan fingerprint density at radius 2 is 1.41 bits per heavy atom. The molecular formula is C30H39N5O4. The van der Waals surface area contributed by atoms with Crippen molar-refractivity contribution in [3.63, 3.8) is 0 Å². The van der Waals surface area contributed by atoms with Gasteiger partial charge in [0.05, 0.1) is 29.7 Å². The maximum atomic E-state index is 13.8. The highest BCUT2D eigenvalue weighted by Gasteiger charge is 2.27. The highest BCUT2D eigenvalue weighted by Crippen LogP contribution is 2.34. The predicted octanol–water partition coefficient (Wildman–Crippen LogP) is 3.86. The zero-order chi connectivity index (χ0) is 27.0. The van der Waals surface area contributed by atoms with Crippen LogP contribution >= 0.6 is 0 Å². The van der Waals surface area contributed by atoms with Crippen molar-refractivity contribution in [1.82, 2.24) is 19.7 Å². The summed E-state index contributed by atoms with van der Waals surface area (Å²) in [5.41, 5.74) is 1.83. The third-order valence-corrected chi connectivity index (χ3v) is 7.84. The van der Waals surface area contributed by atoms with Crippen LogP contribution in [-0.4, -0.2) is 89.8 Å². The van der Waals surface area contributed by atoms with Crippen LogP contribution in [0, 0.1) is 0 Å². The standard InChI is InChI=1S/C30H39N5O4/c36-28(32-13-6-7-14-32)22-34-17-5-1-2-10-18-39-27-12-4-3-11-26(27)35(23-29(37)33-15-8-9-16-33)25-19-24(30(34)38)20-31-21-25/h3-4,11-12,19-21H,1-2,5-10,13-18,22-23H2. The summed E-state index contributed by atoms with van der Waals surface area (Å²) >= 11 is 0. The van der Waals surface area contributed by atoms with E-state index in [4.69, 9.17) is 4.74 Å². The maximum absolute atomic E-state index is 13.8. The van der Waals surface area contributed by atoms with Crippen molar-refractivity contribution in [3.05, 3.63) is 48.3 Å². The Morgan fingerprint density at radius 3 is 2.15 bits per heavy atom. The molecule has 0 radical (unpaired) electrons. The van der Waals surface area contributed by atoms with E-state index in [1.165, 1.54) is 0 Å². The summed E-state index contributed by atoms with van der Waals surface area (Å²) in [7, 11) is 0. The highest BCUT2D eigenvalue weighted by molar-refractivity contribution is 5.97. The lowest BCUT2D eigenvalue weighted by molar-refractivity contribution is -0.131. The van der Waals surface area contributed by atoms with E-state index in [9.17, 15) is 14.4 Å². The molecule has 1 aromatic heterocycles. The minimum absolute atomic E-state index is 0.00282. The Labute approximate surface area is 230 Å². The van der Waals surface area contributed by atoms with Gasteiger partial charge in [-0.1, -0.05) is 25.0 Å². The number of likely N-dealkylation sites (tertiary alicyclic amines) is 2. The van der Waals surface area contributed by atoms with Crippen molar-refractivity contribution in [2.24, 2.45) is 0 Å². The summed E-state index contributed by atoms with van der Waals surface area (Å²) < 4.78 is 6.21. The topological polar surface area (TPSA) is 86.3 Å². The average molecular weight is 534 g/mol. The molecule has 0 atom stereocenters. The monoisotopic (exact) mass is 533 g/mol. The lowest BCUT2D eigenvalue weighted by atomic mass is 10.1. The minimum Gasteiger partial charge on any atom is -0.491 e. The van der Waals surface area contributed by atoms with Gasteiger partial charge >= 0.3 is 0 Å². The first-order valence-corrected chi connectivity index (χ1v) is 14.4. The van der Waals surface area contributed by atoms with Gasteiger partial charge in [-0.15, -0.1) is 0 Å². The van der Waals surface area contributed by atoms with Crippen molar-refractivity contribution in [2.45, 2.75) is 51.4 Å². The molecule has 2 aromatic rings. The van der Waals surface area contributed by atoms with E-state index in [0.29, 0.717) is 30.2 Å². The number of amides is 3. The second-order valence-corrected chi connectivity index (χ2v) is 10.7. The van der Waals surface area contributed by atoms with Crippen molar-refractivity contribution >= 4 is 29.1 Å². The summed E-state index contributed by atoms with van der Waals surface area (Å²) in [6.45, 7) is 4.33. The lowest BCUT2D eigenvalue weighted by Gasteiger charge is -2.29. The number of hydrogen-bond donors (Lipinski definition) is 0. The number of anilines is 2. The zero-order valence-corrected chi connectivity index (χ0v) is 22.7. The number of hydrogen-bond acceptors (Lipinski definition) is 6. The molecule has 0 spiro atoms. The number of ether oxygens (including phenoxy) is 1. The fourth-order valence-corrected chi connectivity index (χ4v) is 5.62. The van der Waals surface area contributed by atoms with Crippen molar-refractivity contribution < 1.29 is 19.1 Å². The van der Waals surface area contributed by atoms with Crippen LogP contribution in [0.25, 0.3) is 0 Å². The zero-order valence-electron chi connectivity index (χ0n) is 22.7. The number of pyridine rings is 1. The van der Waals surface area contributed by atoms with Gasteiger partial charge < -0.3 is 24.3 Å². The van der Waals surface area contributed by atoms with Crippen molar-refractivity contribution in [3.8, 4) is 5.75 Å². The van der Waals surface area contributed by atoms with Gasteiger partial charge in [-0.2, -0.15) is 0 Å². The molecule has 2 fully saturated rings. The van der Waals surface area contributed by atoms with E-state index < -0.39 is 0 Å². The van der Waals surface area contributed by atoms with Crippen LogP contribution in [0.3, 0.4) is 0 Å². The van der Waals surface area contributed by atoms with Gasteiger partial charge in [-0.3, -0.25) is 19.4 Å². The summed E-state index contributed by atoms with van der Waals surface area (Å²) in [4.78, 5) is 51.8. The average Bonchev–Trinajstić information content (AvgIpc) is 3.69. The summed E-state index contributed by atoms with van der Waals surface area (Å²) in [5.74, 6) is 0.538. The number of rotatable bonds is 4. The molecule has 208 valence electrons. The van der Waals surface area contributed by atoms with E-state index in [1.54, 1.807) is 23.4 Å². The molecule has 9 nitrogen and oxygen atoms in total. The van der Waals surface area contributed by atoms with Gasteiger partial charge in [0.25, 0.3) is 5.91 Å². The third-order valence-electron chi connectivity index (χ3n) is 7.84.